The maximum Gasteiger partial charge on any atom is 0.0784 e. The molecule has 0 N–H and O–H groups in total. The van der Waals surface area contributed by atoms with Gasteiger partial charge in [-0.1, -0.05) is 112 Å². The van der Waals surface area contributed by atoms with Crippen molar-refractivity contribution >= 4 is 13.3 Å². The zero-order valence-electron chi connectivity index (χ0n) is 18.8. The van der Waals surface area contributed by atoms with Gasteiger partial charge >= 0.3 is 0 Å². The lowest BCUT2D eigenvalue weighted by molar-refractivity contribution is 0.591. The van der Waals surface area contributed by atoms with Crippen LogP contribution in [0.1, 0.15) is 37.5 Å². The van der Waals surface area contributed by atoms with E-state index in [0.29, 0.717) is 0 Å². The van der Waals surface area contributed by atoms with Crippen LogP contribution in [-0.4, -0.2) is 8.07 Å². The summed E-state index contributed by atoms with van der Waals surface area (Å²) >= 11 is 0. The van der Waals surface area contributed by atoms with E-state index in [9.17, 15) is 0 Å². The third kappa shape index (κ3) is 4.00. The Hall–Kier alpha value is -2.12. The summed E-state index contributed by atoms with van der Waals surface area (Å²) < 4.78 is 0. The highest BCUT2D eigenvalue weighted by Crippen LogP contribution is 2.40. The summed E-state index contributed by atoms with van der Waals surface area (Å²) in [6, 6.07) is 22.7. The molecule has 0 nitrogen and oxygen atoms in total. The van der Waals surface area contributed by atoms with Gasteiger partial charge in [0.25, 0.3) is 0 Å². The lowest BCUT2D eigenvalue weighted by Crippen LogP contribution is -2.38. The Morgan fingerprint density at radius 1 is 0.679 bits per heavy atom. The van der Waals surface area contributed by atoms with Crippen LogP contribution in [0.4, 0.5) is 0 Å². The highest BCUT2D eigenvalue weighted by atomic mass is 28.3. The molecule has 0 saturated heterocycles. The van der Waals surface area contributed by atoms with Gasteiger partial charge in [-0.3, -0.25) is 0 Å². The molecule has 146 valence electrons. The second kappa shape index (κ2) is 7.37. The molecule has 0 aliphatic carbocycles. The van der Waals surface area contributed by atoms with Gasteiger partial charge in [0, 0.05) is 0 Å². The van der Waals surface area contributed by atoms with Gasteiger partial charge < -0.3 is 0 Å². The molecule has 0 saturated carbocycles. The Bertz CT molecular complexity index is 998. The highest BCUT2D eigenvalue weighted by molar-refractivity contribution is 6.89. The lowest BCUT2D eigenvalue weighted by Gasteiger charge is -2.28. The van der Waals surface area contributed by atoms with E-state index >= 15 is 0 Å². The van der Waals surface area contributed by atoms with E-state index in [1.165, 1.54) is 44.1 Å². The molecule has 0 bridgehead atoms. The first kappa shape index (κ1) is 20.6. The average Bonchev–Trinajstić information content (AvgIpc) is 2.60. The minimum absolute atomic E-state index is 0.0948. The van der Waals surface area contributed by atoms with Crippen LogP contribution < -0.4 is 5.19 Å². The summed E-state index contributed by atoms with van der Waals surface area (Å²) in [6.07, 6.45) is 0. The standard InChI is InChI=1S/C27H34Si/c1-19-17-20(2)26(24(18-19)27(3,4)5)23-15-10-9-13-21(23)22-14-11-12-16-25(22)28(6,7)8/h9-18H,1-8H3. The number of aryl methyl sites for hydroxylation is 2. The number of hydrogen-bond donors (Lipinski definition) is 0. The first-order valence-corrected chi connectivity index (χ1v) is 13.8. The van der Waals surface area contributed by atoms with E-state index in [1.54, 1.807) is 0 Å². The Morgan fingerprint density at radius 2 is 1.21 bits per heavy atom. The zero-order chi connectivity index (χ0) is 20.7. The van der Waals surface area contributed by atoms with Crippen molar-refractivity contribution in [2.24, 2.45) is 0 Å². The second-order valence-electron chi connectivity index (χ2n) is 10.1. The summed E-state index contributed by atoms with van der Waals surface area (Å²) in [5.74, 6) is 0. The van der Waals surface area contributed by atoms with Gasteiger partial charge in [-0.25, -0.2) is 0 Å². The molecule has 0 unspecified atom stereocenters. The summed E-state index contributed by atoms with van der Waals surface area (Å²) in [6.45, 7) is 18.7. The molecule has 0 fully saturated rings. The minimum atomic E-state index is -1.46. The van der Waals surface area contributed by atoms with E-state index < -0.39 is 8.07 Å². The van der Waals surface area contributed by atoms with Crippen molar-refractivity contribution in [2.45, 2.75) is 59.7 Å². The molecule has 3 rings (SSSR count). The summed E-state index contributed by atoms with van der Waals surface area (Å²) in [5.41, 5.74) is 9.75. The lowest BCUT2D eigenvalue weighted by atomic mass is 9.78. The third-order valence-electron chi connectivity index (χ3n) is 5.51. The van der Waals surface area contributed by atoms with Crippen LogP contribution in [0, 0.1) is 13.8 Å². The predicted molar refractivity (Wildman–Crippen MR) is 128 cm³/mol. The Kier molecular flexibility index (Phi) is 5.42. The summed E-state index contributed by atoms with van der Waals surface area (Å²) in [7, 11) is -1.46. The largest absolute Gasteiger partial charge is 0.0784 e. The van der Waals surface area contributed by atoms with E-state index in [-0.39, 0.29) is 5.41 Å². The van der Waals surface area contributed by atoms with Crippen molar-refractivity contribution in [3.8, 4) is 22.3 Å². The van der Waals surface area contributed by atoms with E-state index in [4.69, 9.17) is 0 Å². The number of benzene rings is 3. The molecule has 0 atom stereocenters. The molecule has 0 heterocycles. The molecule has 0 amide bonds. The van der Waals surface area contributed by atoms with Crippen LogP contribution in [0.15, 0.2) is 60.7 Å². The molecule has 1 heteroatoms. The van der Waals surface area contributed by atoms with Crippen molar-refractivity contribution in [1.82, 2.24) is 0 Å². The molecular formula is C27H34Si. The molecule has 28 heavy (non-hydrogen) atoms. The van der Waals surface area contributed by atoms with Crippen LogP contribution in [0.2, 0.25) is 19.6 Å². The van der Waals surface area contributed by atoms with Gasteiger partial charge in [0.15, 0.2) is 0 Å². The van der Waals surface area contributed by atoms with Gasteiger partial charge in [-0.2, -0.15) is 0 Å². The maximum absolute atomic E-state index is 2.44. The monoisotopic (exact) mass is 386 g/mol. The van der Waals surface area contributed by atoms with Gasteiger partial charge in [-0.05, 0) is 52.6 Å². The fourth-order valence-corrected chi connectivity index (χ4v) is 5.85. The molecule has 3 aromatic carbocycles. The molecular weight excluding hydrogens is 352 g/mol. The summed E-state index contributed by atoms with van der Waals surface area (Å²) in [4.78, 5) is 0. The minimum Gasteiger partial charge on any atom is -0.0656 e. The van der Waals surface area contributed by atoms with Crippen molar-refractivity contribution in [3.63, 3.8) is 0 Å². The fourth-order valence-electron chi connectivity index (χ4n) is 4.22. The molecule has 0 aliphatic rings. The van der Waals surface area contributed by atoms with Crippen LogP contribution in [-0.2, 0) is 5.41 Å². The maximum atomic E-state index is 2.44. The zero-order valence-corrected chi connectivity index (χ0v) is 19.8. The number of rotatable bonds is 3. The van der Waals surface area contributed by atoms with Crippen LogP contribution in [0.25, 0.3) is 22.3 Å². The summed E-state index contributed by atoms with van der Waals surface area (Å²) in [5, 5.41) is 1.53. The highest BCUT2D eigenvalue weighted by Gasteiger charge is 2.25. The second-order valence-corrected chi connectivity index (χ2v) is 15.1. The van der Waals surface area contributed by atoms with Crippen molar-refractivity contribution < 1.29 is 0 Å². The Labute approximate surface area is 172 Å². The van der Waals surface area contributed by atoms with Crippen molar-refractivity contribution in [1.29, 1.82) is 0 Å². The average molecular weight is 387 g/mol. The Morgan fingerprint density at radius 3 is 1.79 bits per heavy atom. The van der Waals surface area contributed by atoms with Gasteiger partial charge in [0.2, 0.25) is 0 Å². The Balaban J connectivity index is 2.37. The van der Waals surface area contributed by atoms with E-state index in [2.05, 4.69) is 115 Å². The topological polar surface area (TPSA) is 0 Å². The van der Waals surface area contributed by atoms with Crippen LogP contribution in [0.3, 0.4) is 0 Å². The molecule has 0 aromatic heterocycles. The van der Waals surface area contributed by atoms with Crippen molar-refractivity contribution in [3.05, 3.63) is 77.4 Å². The van der Waals surface area contributed by atoms with E-state index in [1.807, 2.05) is 0 Å². The molecule has 0 radical (unpaired) electrons. The fraction of sp³-hybridized carbons (Fsp3) is 0.333. The SMILES string of the molecule is Cc1cc(C)c(-c2ccccc2-c2ccccc2[Si](C)(C)C)c(C(C)(C)C)c1. The predicted octanol–water partition coefficient (Wildman–Crippen LogP) is 7.48. The first-order chi connectivity index (χ1) is 13.0. The molecule has 0 spiro atoms. The van der Waals surface area contributed by atoms with E-state index in [0.717, 1.165) is 0 Å². The first-order valence-electron chi connectivity index (χ1n) is 10.3. The number of hydrogen-bond acceptors (Lipinski definition) is 0. The smallest absolute Gasteiger partial charge is 0.0656 e. The third-order valence-corrected chi connectivity index (χ3v) is 7.56. The normalized spacial score (nSPS) is 12.3. The van der Waals surface area contributed by atoms with Gasteiger partial charge in [-0.15, -0.1) is 0 Å². The molecule has 0 aliphatic heterocycles. The molecule has 3 aromatic rings. The van der Waals surface area contributed by atoms with Gasteiger partial charge in [0.1, 0.15) is 0 Å². The van der Waals surface area contributed by atoms with Crippen LogP contribution >= 0.6 is 0 Å². The quantitative estimate of drug-likeness (QED) is 0.409. The van der Waals surface area contributed by atoms with Crippen LogP contribution in [0.5, 0.6) is 0 Å². The van der Waals surface area contributed by atoms with Crippen molar-refractivity contribution in [2.75, 3.05) is 0 Å². The van der Waals surface area contributed by atoms with Gasteiger partial charge in [0.05, 0.1) is 8.07 Å².